The van der Waals surface area contributed by atoms with Gasteiger partial charge in [-0.3, -0.25) is 4.79 Å². The van der Waals surface area contributed by atoms with E-state index in [1.165, 1.54) is 18.7 Å². The summed E-state index contributed by atoms with van der Waals surface area (Å²) in [5.74, 6) is 0.628. The van der Waals surface area contributed by atoms with Crippen LogP contribution in [0.2, 0.25) is 0 Å². The van der Waals surface area contributed by atoms with E-state index in [-0.39, 0.29) is 11.1 Å². The van der Waals surface area contributed by atoms with Crippen LogP contribution >= 0.6 is 11.8 Å². The zero-order valence-corrected chi connectivity index (χ0v) is 7.46. The second-order valence-corrected chi connectivity index (χ2v) is 3.12. The molecule has 0 aromatic carbocycles. The lowest BCUT2D eigenvalue weighted by molar-refractivity contribution is -0.109. The number of urea groups is 1. The summed E-state index contributed by atoms with van der Waals surface area (Å²) in [7, 11) is 1.55. The van der Waals surface area contributed by atoms with Gasteiger partial charge in [0.2, 0.25) is 0 Å². The minimum atomic E-state index is -0.214. The van der Waals surface area contributed by atoms with Crippen LogP contribution in [0.4, 0.5) is 4.79 Å². The number of carbonyl (C=O) groups excluding carboxylic acids is 2. The highest BCUT2D eigenvalue weighted by Gasteiger charge is 1.96. The van der Waals surface area contributed by atoms with Crippen LogP contribution in [0.1, 0.15) is 6.92 Å². The van der Waals surface area contributed by atoms with Gasteiger partial charge >= 0.3 is 6.03 Å². The van der Waals surface area contributed by atoms with Gasteiger partial charge in [0.15, 0.2) is 5.12 Å². The maximum atomic E-state index is 10.5. The lowest BCUT2D eigenvalue weighted by atomic mass is 10.7. The van der Waals surface area contributed by atoms with Crippen molar-refractivity contribution >= 4 is 22.9 Å². The van der Waals surface area contributed by atoms with E-state index in [0.717, 1.165) is 0 Å². The number of hydrogen-bond donors (Lipinski definition) is 2. The zero-order valence-electron chi connectivity index (χ0n) is 6.64. The van der Waals surface area contributed by atoms with Crippen molar-refractivity contribution in [2.75, 3.05) is 19.3 Å². The van der Waals surface area contributed by atoms with Gasteiger partial charge in [0.05, 0.1) is 0 Å². The van der Waals surface area contributed by atoms with Crippen LogP contribution in [0.25, 0.3) is 0 Å². The van der Waals surface area contributed by atoms with Crippen LogP contribution in [0, 0.1) is 0 Å². The first-order chi connectivity index (χ1) is 5.16. The molecule has 0 radical (unpaired) electrons. The molecular formula is C6H12N2O2S. The fourth-order valence-corrected chi connectivity index (χ4v) is 0.939. The van der Waals surface area contributed by atoms with Gasteiger partial charge in [-0.1, -0.05) is 11.8 Å². The van der Waals surface area contributed by atoms with E-state index >= 15 is 0 Å². The Balaban J connectivity index is 3.14. The summed E-state index contributed by atoms with van der Waals surface area (Å²) in [6.07, 6.45) is 0. The molecule has 0 fully saturated rings. The predicted molar refractivity (Wildman–Crippen MR) is 45.6 cm³/mol. The van der Waals surface area contributed by atoms with Gasteiger partial charge < -0.3 is 10.6 Å². The van der Waals surface area contributed by atoms with Gasteiger partial charge in [0.1, 0.15) is 0 Å². The Morgan fingerprint density at radius 1 is 1.45 bits per heavy atom. The summed E-state index contributed by atoms with van der Waals surface area (Å²) < 4.78 is 0. The van der Waals surface area contributed by atoms with Crippen LogP contribution in [0.15, 0.2) is 0 Å². The first-order valence-corrected chi connectivity index (χ1v) is 4.24. The van der Waals surface area contributed by atoms with E-state index in [9.17, 15) is 9.59 Å². The molecule has 2 N–H and O–H groups in total. The van der Waals surface area contributed by atoms with Crippen molar-refractivity contribution in [1.82, 2.24) is 10.6 Å². The van der Waals surface area contributed by atoms with E-state index in [0.29, 0.717) is 12.3 Å². The quantitative estimate of drug-likeness (QED) is 0.604. The van der Waals surface area contributed by atoms with Gasteiger partial charge in [-0.25, -0.2) is 4.79 Å². The highest BCUT2D eigenvalue weighted by atomic mass is 32.2. The van der Waals surface area contributed by atoms with Crippen molar-refractivity contribution in [2.24, 2.45) is 0 Å². The molecule has 64 valence electrons. The molecule has 0 aliphatic carbocycles. The molecule has 0 rings (SSSR count). The Bertz CT molecular complexity index is 150. The number of hydrogen-bond acceptors (Lipinski definition) is 3. The SMILES string of the molecule is CNC(=O)NCCSC(C)=O. The minimum absolute atomic E-state index is 0.0729. The molecule has 4 nitrogen and oxygen atoms in total. The molecule has 0 aromatic heterocycles. The van der Waals surface area contributed by atoms with Gasteiger partial charge in [0, 0.05) is 26.3 Å². The van der Waals surface area contributed by atoms with E-state index in [2.05, 4.69) is 10.6 Å². The number of amides is 2. The van der Waals surface area contributed by atoms with E-state index < -0.39 is 0 Å². The smallest absolute Gasteiger partial charge is 0.314 e. The molecule has 0 saturated carbocycles. The summed E-state index contributed by atoms with van der Waals surface area (Å²) >= 11 is 1.20. The normalized spacial score (nSPS) is 8.91. The van der Waals surface area contributed by atoms with Crippen molar-refractivity contribution in [1.29, 1.82) is 0 Å². The summed E-state index contributed by atoms with van der Waals surface area (Å²) in [5.41, 5.74) is 0. The fraction of sp³-hybridized carbons (Fsp3) is 0.667. The first-order valence-electron chi connectivity index (χ1n) is 3.25. The molecule has 0 saturated heterocycles. The molecule has 5 heteroatoms. The Morgan fingerprint density at radius 2 is 2.09 bits per heavy atom. The van der Waals surface area contributed by atoms with Gasteiger partial charge in [-0.15, -0.1) is 0 Å². The van der Waals surface area contributed by atoms with Crippen molar-refractivity contribution in [2.45, 2.75) is 6.92 Å². The van der Waals surface area contributed by atoms with Crippen molar-refractivity contribution in [3.63, 3.8) is 0 Å². The second-order valence-electron chi connectivity index (χ2n) is 1.85. The van der Waals surface area contributed by atoms with E-state index in [1.54, 1.807) is 7.05 Å². The number of rotatable bonds is 3. The number of nitrogens with one attached hydrogen (secondary N) is 2. The van der Waals surface area contributed by atoms with Gasteiger partial charge in [0.25, 0.3) is 0 Å². The molecule has 0 aromatic rings. The molecule has 0 unspecified atom stereocenters. The maximum absolute atomic E-state index is 10.5. The van der Waals surface area contributed by atoms with Crippen molar-refractivity contribution < 1.29 is 9.59 Å². The first kappa shape index (κ1) is 10.3. The Hall–Kier alpha value is -0.710. The lowest BCUT2D eigenvalue weighted by Gasteiger charge is -2.01. The molecule has 2 amide bonds. The zero-order chi connectivity index (χ0) is 8.69. The fourth-order valence-electron chi connectivity index (χ4n) is 0.448. The second kappa shape index (κ2) is 6.03. The van der Waals surface area contributed by atoms with Gasteiger partial charge in [-0.05, 0) is 0 Å². The molecular weight excluding hydrogens is 164 g/mol. The van der Waals surface area contributed by atoms with Crippen molar-refractivity contribution in [3.05, 3.63) is 0 Å². The minimum Gasteiger partial charge on any atom is -0.341 e. The number of thioether (sulfide) groups is 1. The van der Waals surface area contributed by atoms with Crippen LogP contribution < -0.4 is 10.6 Å². The Morgan fingerprint density at radius 3 is 2.55 bits per heavy atom. The molecule has 0 spiro atoms. The Kier molecular flexibility index (Phi) is 5.64. The molecule has 0 bridgehead atoms. The third kappa shape index (κ3) is 7.18. The van der Waals surface area contributed by atoms with Crippen LogP contribution in [-0.2, 0) is 4.79 Å². The van der Waals surface area contributed by atoms with Crippen molar-refractivity contribution in [3.8, 4) is 0 Å². The lowest BCUT2D eigenvalue weighted by Crippen LogP contribution is -2.34. The van der Waals surface area contributed by atoms with E-state index in [4.69, 9.17) is 0 Å². The molecule has 0 aliphatic heterocycles. The topological polar surface area (TPSA) is 58.2 Å². The molecule has 0 heterocycles. The molecule has 0 aliphatic rings. The third-order valence-electron chi connectivity index (χ3n) is 0.920. The van der Waals surface area contributed by atoms with Crippen LogP contribution in [0.3, 0.4) is 0 Å². The average molecular weight is 176 g/mol. The standard InChI is InChI=1S/C6H12N2O2S/c1-5(9)11-4-3-8-6(10)7-2/h3-4H2,1-2H3,(H2,7,8,10). The van der Waals surface area contributed by atoms with Gasteiger partial charge in [-0.2, -0.15) is 0 Å². The Labute approximate surface area is 70.1 Å². The molecule has 11 heavy (non-hydrogen) atoms. The third-order valence-corrected chi connectivity index (χ3v) is 1.73. The van der Waals surface area contributed by atoms with E-state index in [1.807, 2.05) is 0 Å². The summed E-state index contributed by atoms with van der Waals surface area (Å²) in [6, 6.07) is -0.214. The number of carbonyl (C=O) groups is 2. The summed E-state index contributed by atoms with van der Waals surface area (Å²) in [5, 5.41) is 5.05. The summed E-state index contributed by atoms with van der Waals surface area (Å²) in [6.45, 7) is 2.02. The highest BCUT2D eigenvalue weighted by Crippen LogP contribution is 1.97. The molecule has 0 atom stereocenters. The van der Waals surface area contributed by atoms with Crippen LogP contribution in [-0.4, -0.2) is 30.5 Å². The average Bonchev–Trinajstić information content (AvgIpc) is 1.97. The highest BCUT2D eigenvalue weighted by molar-refractivity contribution is 8.13. The van der Waals surface area contributed by atoms with Crippen LogP contribution in [0.5, 0.6) is 0 Å². The predicted octanol–water partition coefficient (Wildman–Crippen LogP) is 0.195. The monoisotopic (exact) mass is 176 g/mol. The maximum Gasteiger partial charge on any atom is 0.314 e. The largest absolute Gasteiger partial charge is 0.341 e. The summed E-state index contributed by atoms with van der Waals surface area (Å²) in [4.78, 5) is 20.9.